The van der Waals surface area contributed by atoms with Crippen LogP contribution in [0.1, 0.15) is 61.4 Å². The van der Waals surface area contributed by atoms with Gasteiger partial charge in [0, 0.05) is 23.3 Å². The number of hydrogen-bond donors (Lipinski definition) is 1. The van der Waals surface area contributed by atoms with Crippen molar-refractivity contribution in [1.29, 1.82) is 0 Å². The van der Waals surface area contributed by atoms with E-state index in [4.69, 9.17) is 9.72 Å². The molecular weight excluding hydrogens is 448 g/mol. The molecule has 184 valence electrons. The van der Waals surface area contributed by atoms with Crippen LogP contribution in [-0.4, -0.2) is 28.7 Å². The fraction of sp³-hybridized carbons (Fsp3) is 0.267. The summed E-state index contributed by atoms with van der Waals surface area (Å²) in [5.74, 6) is 0.546. The summed E-state index contributed by atoms with van der Waals surface area (Å²) < 4.78 is 5.83. The molecule has 2 aromatic carbocycles. The first-order valence-electron chi connectivity index (χ1n) is 12.6. The zero-order valence-electron chi connectivity index (χ0n) is 20.7. The summed E-state index contributed by atoms with van der Waals surface area (Å²) >= 11 is 0. The molecule has 36 heavy (non-hydrogen) atoms. The lowest BCUT2D eigenvalue weighted by Gasteiger charge is -2.09. The molecule has 4 rings (SSSR count). The fourth-order valence-corrected chi connectivity index (χ4v) is 3.97. The van der Waals surface area contributed by atoms with Crippen LogP contribution in [0.25, 0.3) is 22.2 Å². The molecule has 0 radical (unpaired) electrons. The Kier molecular flexibility index (Phi) is 9.14. The van der Waals surface area contributed by atoms with E-state index in [1.165, 1.54) is 32.1 Å². The molecule has 1 N–H and O–H groups in total. The molecule has 1 amide bonds. The van der Waals surface area contributed by atoms with Gasteiger partial charge in [-0.2, -0.15) is 5.10 Å². The maximum absolute atomic E-state index is 13.0. The molecule has 4 aromatic rings. The number of unbranched alkanes of at least 4 members (excludes halogenated alkanes) is 5. The number of nitrogens with one attached hydrogen (secondary N) is 1. The normalized spacial score (nSPS) is 11.1. The number of pyridine rings is 2. The Labute approximate surface area is 212 Å². The lowest BCUT2D eigenvalue weighted by molar-refractivity contribution is 0.0956. The Morgan fingerprint density at radius 2 is 1.78 bits per heavy atom. The number of nitrogens with zero attached hydrogens (tertiary/aromatic N) is 3. The van der Waals surface area contributed by atoms with Crippen LogP contribution in [0, 0.1) is 0 Å². The summed E-state index contributed by atoms with van der Waals surface area (Å²) in [6.07, 6.45) is 12.5. The van der Waals surface area contributed by atoms with Crippen LogP contribution in [0.15, 0.2) is 84.2 Å². The van der Waals surface area contributed by atoms with Crippen molar-refractivity contribution in [1.82, 2.24) is 15.4 Å². The minimum absolute atomic E-state index is 0.297. The van der Waals surface area contributed by atoms with Gasteiger partial charge in [-0.15, -0.1) is 0 Å². The molecular formula is C30H32N4O2. The van der Waals surface area contributed by atoms with Gasteiger partial charge >= 0.3 is 0 Å². The first kappa shape index (κ1) is 25.0. The van der Waals surface area contributed by atoms with Crippen molar-refractivity contribution in [2.45, 2.75) is 45.4 Å². The number of carbonyl (C=O) groups is 1. The third-order valence-corrected chi connectivity index (χ3v) is 5.94. The second kappa shape index (κ2) is 13.1. The van der Waals surface area contributed by atoms with Crippen LogP contribution in [0.3, 0.4) is 0 Å². The highest BCUT2D eigenvalue weighted by molar-refractivity contribution is 6.07. The average molecular weight is 481 g/mol. The van der Waals surface area contributed by atoms with Crippen molar-refractivity contribution in [3.05, 3.63) is 90.3 Å². The van der Waals surface area contributed by atoms with Crippen molar-refractivity contribution in [2.75, 3.05) is 6.61 Å². The van der Waals surface area contributed by atoms with Crippen molar-refractivity contribution in [2.24, 2.45) is 5.10 Å². The van der Waals surface area contributed by atoms with Gasteiger partial charge in [0.25, 0.3) is 5.91 Å². The predicted octanol–water partition coefficient (Wildman–Crippen LogP) is 6.80. The van der Waals surface area contributed by atoms with Crippen LogP contribution in [0.2, 0.25) is 0 Å². The molecule has 0 unspecified atom stereocenters. The van der Waals surface area contributed by atoms with Crippen LogP contribution < -0.4 is 10.2 Å². The van der Waals surface area contributed by atoms with Gasteiger partial charge in [-0.25, -0.2) is 10.4 Å². The zero-order valence-corrected chi connectivity index (χ0v) is 20.7. The van der Waals surface area contributed by atoms with Crippen LogP contribution in [0.5, 0.6) is 5.75 Å². The Hall–Kier alpha value is -4.06. The standard InChI is InChI=1S/C30H32N4O2/c1-2-3-4-5-6-9-19-36-25-16-14-23(15-17-25)21-32-34-30(35)27-20-29(24-11-10-18-31-22-24)33-28-13-8-7-12-26(27)28/h7-8,10-18,20-22H,2-6,9,19H2,1H3,(H,34,35). The number of amides is 1. The number of hydrazone groups is 1. The first-order chi connectivity index (χ1) is 17.7. The molecule has 0 spiro atoms. The number of fused-ring (bicyclic) bond motifs is 1. The molecule has 0 bridgehead atoms. The fourth-order valence-electron chi connectivity index (χ4n) is 3.97. The number of hydrogen-bond acceptors (Lipinski definition) is 5. The summed E-state index contributed by atoms with van der Waals surface area (Å²) in [6, 6.07) is 20.8. The molecule has 0 aliphatic carbocycles. The van der Waals surface area contributed by atoms with Gasteiger partial charge in [0.2, 0.25) is 0 Å². The minimum Gasteiger partial charge on any atom is -0.494 e. The highest BCUT2D eigenvalue weighted by atomic mass is 16.5. The van der Waals surface area contributed by atoms with Gasteiger partial charge in [-0.3, -0.25) is 9.78 Å². The third-order valence-electron chi connectivity index (χ3n) is 5.94. The van der Waals surface area contributed by atoms with E-state index < -0.39 is 0 Å². The third kappa shape index (κ3) is 6.98. The average Bonchev–Trinajstić information content (AvgIpc) is 2.93. The van der Waals surface area contributed by atoms with Crippen molar-refractivity contribution in [3.8, 4) is 17.0 Å². The molecule has 2 aromatic heterocycles. The second-order valence-electron chi connectivity index (χ2n) is 8.70. The Bertz CT molecular complexity index is 1290. The number of aromatic nitrogens is 2. The quantitative estimate of drug-likeness (QED) is 0.137. The summed E-state index contributed by atoms with van der Waals surface area (Å²) in [5, 5.41) is 4.94. The lowest BCUT2D eigenvalue weighted by Crippen LogP contribution is -2.18. The maximum atomic E-state index is 13.0. The summed E-state index contributed by atoms with van der Waals surface area (Å²) in [6.45, 7) is 2.96. The van der Waals surface area contributed by atoms with Crippen LogP contribution in [-0.2, 0) is 0 Å². The Balaban J connectivity index is 1.36. The summed E-state index contributed by atoms with van der Waals surface area (Å²) in [4.78, 5) is 21.9. The van der Waals surface area contributed by atoms with E-state index in [9.17, 15) is 4.79 Å². The van der Waals surface area contributed by atoms with Crippen LogP contribution >= 0.6 is 0 Å². The van der Waals surface area contributed by atoms with Crippen molar-refractivity contribution < 1.29 is 9.53 Å². The molecule has 0 atom stereocenters. The molecule has 0 aliphatic rings. The van der Waals surface area contributed by atoms with E-state index in [2.05, 4.69) is 22.4 Å². The lowest BCUT2D eigenvalue weighted by atomic mass is 10.0. The monoisotopic (exact) mass is 480 g/mol. The molecule has 2 heterocycles. The van der Waals surface area contributed by atoms with Gasteiger partial charge in [-0.1, -0.05) is 57.2 Å². The second-order valence-corrected chi connectivity index (χ2v) is 8.70. The van der Waals surface area contributed by atoms with E-state index in [-0.39, 0.29) is 5.91 Å². The SMILES string of the molecule is CCCCCCCCOc1ccc(C=NNC(=O)c2cc(-c3cccnc3)nc3ccccc23)cc1. The molecule has 0 saturated heterocycles. The van der Waals surface area contributed by atoms with Gasteiger partial charge in [-0.05, 0) is 60.5 Å². The van der Waals surface area contributed by atoms with Gasteiger partial charge in [0.1, 0.15) is 5.75 Å². The molecule has 6 heteroatoms. The smallest absolute Gasteiger partial charge is 0.272 e. The predicted molar refractivity (Wildman–Crippen MR) is 145 cm³/mol. The molecule has 0 fully saturated rings. The van der Waals surface area contributed by atoms with E-state index >= 15 is 0 Å². The maximum Gasteiger partial charge on any atom is 0.272 e. The molecule has 0 saturated carbocycles. The van der Waals surface area contributed by atoms with E-state index in [0.29, 0.717) is 11.3 Å². The highest BCUT2D eigenvalue weighted by Crippen LogP contribution is 2.24. The number of ether oxygens (including phenoxy) is 1. The van der Waals surface area contributed by atoms with Crippen LogP contribution in [0.4, 0.5) is 0 Å². The largest absolute Gasteiger partial charge is 0.494 e. The van der Waals surface area contributed by atoms with E-state index in [1.54, 1.807) is 24.7 Å². The van der Waals surface area contributed by atoms with Crippen molar-refractivity contribution >= 4 is 23.0 Å². The van der Waals surface area contributed by atoms with Gasteiger partial charge in [0.05, 0.1) is 29.6 Å². The van der Waals surface area contributed by atoms with Crippen molar-refractivity contribution in [3.63, 3.8) is 0 Å². The topological polar surface area (TPSA) is 76.5 Å². The minimum atomic E-state index is -0.297. The Morgan fingerprint density at radius 1 is 0.972 bits per heavy atom. The number of carbonyl (C=O) groups excluding carboxylic acids is 1. The van der Waals surface area contributed by atoms with Gasteiger partial charge < -0.3 is 4.74 Å². The molecule has 0 aliphatic heterocycles. The van der Waals surface area contributed by atoms with E-state index in [0.717, 1.165) is 40.8 Å². The summed E-state index contributed by atoms with van der Waals surface area (Å²) in [7, 11) is 0. The first-order valence-corrected chi connectivity index (χ1v) is 12.6. The molecule has 6 nitrogen and oxygen atoms in total. The van der Waals surface area contributed by atoms with E-state index in [1.807, 2.05) is 60.7 Å². The number of para-hydroxylation sites is 1. The Morgan fingerprint density at radius 3 is 2.58 bits per heavy atom. The van der Waals surface area contributed by atoms with Gasteiger partial charge in [0.15, 0.2) is 0 Å². The number of benzene rings is 2. The number of rotatable bonds is 12. The zero-order chi connectivity index (χ0) is 25.0. The highest BCUT2D eigenvalue weighted by Gasteiger charge is 2.13. The summed E-state index contributed by atoms with van der Waals surface area (Å²) in [5.41, 5.74) is 6.31.